The normalized spacial score (nSPS) is 21.6. The van der Waals surface area contributed by atoms with Crippen LogP contribution in [0.4, 0.5) is 0 Å². The van der Waals surface area contributed by atoms with E-state index >= 15 is 0 Å². The molecule has 104 valence electrons. The van der Waals surface area contributed by atoms with Gasteiger partial charge in [0, 0.05) is 12.5 Å². The minimum Gasteiger partial charge on any atom is -0.396 e. The predicted octanol–water partition coefficient (Wildman–Crippen LogP) is 4.46. The van der Waals surface area contributed by atoms with Crippen molar-refractivity contribution in [3.05, 3.63) is 65.3 Å². The summed E-state index contributed by atoms with van der Waals surface area (Å²) in [5.41, 5.74) is 5.76. The molecule has 0 fully saturated rings. The van der Waals surface area contributed by atoms with Crippen molar-refractivity contribution in [3.63, 3.8) is 0 Å². The van der Waals surface area contributed by atoms with Crippen molar-refractivity contribution in [2.75, 3.05) is 6.61 Å². The first-order valence-corrected chi connectivity index (χ1v) is 7.62. The fourth-order valence-electron chi connectivity index (χ4n) is 3.48. The molecule has 0 heterocycles. The summed E-state index contributed by atoms with van der Waals surface area (Å²) in [5, 5.41) is 9.30. The highest BCUT2D eigenvalue weighted by molar-refractivity contribution is 5.77. The molecule has 2 atom stereocenters. The fourth-order valence-corrected chi connectivity index (χ4v) is 3.48. The highest BCUT2D eigenvalue weighted by atomic mass is 16.3. The summed E-state index contributed by atoms with van der Waals surface area (Å²) >= 11 is 0. The molecule has 1 nitrogen and oxygen atoms in total. The SMILES string of the molecule is CCC(CCO)C1=CC(C2=CC=CC2)c2ccccc21. The van der Waals surface area contributed by atoms with Crippen LogP contribution in [0.2, 0.25) is 0 Å². The molecule has 1 N–H and O–H groups in total. The number of fused-ring (bicyclic) bond motifs is 1. The van der Waals surface area contributed by atoms with Gasteiger partial charge in [0.25, 0.3) is 0 Å². The molecule has 2 aliphatic carbocycles. The summed E-state index contributed by atoms with van der Waals surface area (Å²) in [4.78, 5) is 0. The smallest absolute Gasteiger partial charge is 0.0436 e. The van der Waals surface area contributed by atoms with Crippen LogP contribution in [0.5, 0.6) is 0 Å². The molecule has 0 aliphatic heterocycles. The third-order valence-electron chi connectivity index (χ3n) is 4.56. The molecule has 0 radical (unpaired) electrons. The molecule has 2 aliphatic rings. The Labute approximate surface area is 121 Å². The zero-order valence-electron chi connectivity index (χ0n) is 12.0. The first-order valence-electron chi connectivity index (χ1n) is 7.62. The van der Waals surface area contributed by atoms with E-state index in [-0.39, 0.29) is 6.61 Å². The lowest BCUT2D eigenvalue weighted by Gasteiger charge is -2.16. The van der Waals surface area contributed by atoms with Gasteiger partial charge in [-0.05, 0) is 41.9 Å². The minimum absolute atomic E-state index is 0.271. The number of hydrogen-bond donors (Lipinski definition) is 1. The summed E-state index contributed by atoms with van der Waals surface area (Å²) in [6, 6.07) is 8.76. The van der Waals surface area contributed by atoms with E-state index in [1.54, 1.807) is 0 Å². The van der Waals surface area contributed by atoms with E-state index in [1.807, 2.05) is 0 Å². The monoisotopic (exact) mass is 266 g/mol. The molecule has 0 bridgehead atoms. The van der Waals surface area contributed by atoms with Gasteiger partial charge in [0.05, 0.1) is 0 Å². The molecule has 0 saturated carbocycles. The third kappa shape index (κ3) is 2.27. The molecule has 0 saturated heterocycles. The van der Waals surface area contributed by atoms with Crippen LogP contribution in [0.15, 0.2) is 54.1 Å². The average molecular weight is 266 g/mol. The molecular formula is C19H22O. The molecule has 0 amide bonds. The number of rotatable bonds is 5. The number of hydrogen-bond acceptors (Lipinski definition) is 1. The fraction of sp³-hybridized carbons (Fsp3) is 0.368. The van der Waals surface area contributed by atoms with Gasteiger partial charge in [0.2, 0.25) is 0 Å². The van der Waals surface area contributed by atoms with Crippen molar-refractivity contribution < 1.29 is 5.11 Å². The maximum atomic E-state index is 9.30. The molecule has 20 heavy (non-hydrogen) atoms. The van der Waals surface area contributed by atoms with Gasteiger partial charge < -0.3 is 5.11 Å². The summed E-state index contributed by atoms with van der Waals surface area (Å²) in [5.74, 6) is 0.907. The van der Waals surface area contributed by atoms with E-state index in [2.05, 4.69) is 55.5 Å². The molecule has 1 aromatic carbocycles. The van der Waals surface area contributed by atoms with Crippen LogP contribution in [0.1, 0.15) is 43.2 Å². The van der Waals surface area contributed by atoms with Crippen LogP contribution in [0.3, 0.4) is 0 Å². The highest BCUT2D eigenvalue weighted by Crippen LogP contribution is 2.45. The number of allylic oxidation sites excluding steroid dienone is 6. The van der Waals surface area contributed by atoms with Crippen molar-refractivity contribution in [2.45, 2.75) is 32.1 Å². The number of aliphatic hydroxyl groups excluding tert-OH is 1. The number of benzene rings is 1. The molecule has 2 unspecified atom stereocenters. The topological polar surface area (TPSA) is 20.2 Å². The third-order valence-corrected chi connectivity index (χ3v) is 4.56. The second-order valence-electron chi connectivity index (χ2n) is 5.68. The second kappa shape index (κ2) is 5.80. The van der Waals surface area contributed by atoms with E-state index in [1.165, 1.54) is 22.3 Å². The highest BCUT2D eigenvalue weighted by Gasteiger charge is 2.28. The zero-order chi connectivity index (χ0) is 13.9. The number of aliphatic hydroxyl groups is 1. The minimum atomic E-state index is 0.271. The van der Waals surface area contributed by atoms with Gasteiger partial charge in [-0.1, -0.05) is 61.1 Å². The van der Waals surface area contributed by atoms with Crippen molar-refractivity contribution in [3.8, 4) is 0 Å². The van der Waals surface area contributed by atoms with Gasteiger partial charge in [-0.15, -0.1) is 0 Å². The average Bonchev–Trinajstić information content (AvgIpc) is 3.12. The van der Waals surface area contributed by atoms with Crippen LogP contribution in [-0.4, -0.2) is 11.7 Å². The maximum absolute atomic E-state index is 9.30. The van der Waals surface area contributed by atoms with Gasteiger partial charge in [-0.3, -0.25) is 0 Å². The molecule has 3 rings (SSSR count). The van der Waals surface area contributed by atoms with Gasteiger partial charge in [0.15, 0.2) is 0 Å². The molecule has 0 aromatic heterocycles. The Balaban J connectivity index is 1.99. The van der Waals surface area contributed by atoms with Crippen molar-refractivity contribution in [2.24, 2.45) is 5.92 Å². The van der Waals surface area contributed by atoms with Crippen LogP contribution in [-0.2, 0) is 0 Å². The van der Waals surface area contributed by atoms with Crippen molar-refractivity contribution >= 4 is 5.57 Å². The van der Waals surface area contributed by atoms with Crippen LogP contribution >= 0.6 is 0 Å². The summed E-state index contributed by atoms with van der Waals surface area (Å²) < 4.78 is 0. The van der Waals surface area contributed by atoms with Gasteiger partial charge >= 0.3 is 0 Å². The zero-order valence-corrected chi connectivity index (χ0v) is 12.0. The molecular weight excluding hydrogens is 244 g/mol. The second-order valence-corrected chi connectivity index (χ2v) is 5.68. The molecule has 1 aromatic rings. The Bertz CT molecular complexity index is 577. The Morgan fingerprint density at radius 3 is 2.85 bits per heavy atom. The lowest BCUT2D eigenvalue weighted by atomic mass is 9.89. The summed E-state index contributed by atoms with van der Waals surface area (Å²) in [6.07, 6.45) is 12.1. The van der Waals surface area contributed by atoms with Crippen LogP contribution in [0, 0.1) is 5.92 Å². The van der Waals surface area contributed by atoms with E-state index in [0.29, 0.717) is 11.8 Å². The Morgan fingerprint density at radius 1 is 1.30 bits per heavy atom. The van der Waals surface area contributed by atoms with E-state index in [9.17, 15) is 5.11 Å². The Hall–Kier alpha value is -1.60. The summed E-state index contributed by atoms with van der Waals surface area (Å²) in [6.45, 7) is 2.49. The standard InChI is InChI=1S/C19H22O/c1-2-14(11-12-20)18-13-19(15-7-3-4-8-15)17-10-6-5-9-16(17)18/h3-7,9-10,13-14,19-20H,2,8,11-12H2,1H3. The lowest BCUT2D eigenvalue weighted by Crippen LogP contribution is -2.03. The summed E-state index contributed by atoms with van der Waals surface area (Å²) in [7, 11) is 0. The van der Waals surface area contributed by atoms with E-state index < -0.39 is 0 Å². The predicted molar refractivity (Wildman–Crippen MR) is 84.5 cm³/mol. The van der Waals surface area contributed by atoms with Gasteiger partial charge in [-0.25, -0.2) is 0 Å². The van der Waals surface area contributed by atoms with Crippen LogP contribution in [0.25, 0.3) is 5.57 Å². The van der Waals surface area contributed by atoms with Crippen LogP contribution < -0.4 is 0 Å². The quantitative estimate of drug-likeness (QED) is 0.834. The van der Waals surface area contributed by atoms with Crippen molar-refractivity contribution in [1.29, 1.82) is 0 Å². The van der Waals surface area contributed by atoms with E-state index in [0.717, 1.165) is 19.3 Å². The van der Waals surface area contributed by atoms with Crippen molar-refractivity contribution in [1.82, 2.24) is 0 Å². The first-order chi connectivity index (χ1) is 9.85. The Kier molecular flexibility index (Phi) is 3.88. The Morgan fingerprint density at radius 2 is 2.15 bits per heavy atom. The largest absolute Gasteiger partial charge is 0.396 e. The van der Waals surface area contributed by atoms with E-state index in [4.69, 9.17) is 0 Å². The maximum Gasteiger partial charge on any atom is 0.0436 e. The molecule has 0 spiro atoms. The molecule has 1 heteroatoms. The first kappa shape index (κ1) is 13.4. The lowest BCUT2D eigenvalue weighted by molar-refractivity contribution is 0.270. The van der Waals surface area contributed by atoms with Gasteiger partial charge in [-0.2, -0.15) is 0 Å². The van der Waals surface area contributed by atoms with Gasteiger partial charge in [0.1, 0.15) is 0 Å².